The molecule has 2 heterocycles. The normalized spacial score (nSPS) is 17.0. The summed E-state index contributed by atoms with van der Waals surface area (Å²) in [5.41, 5.74) is 3.74. The first kappa shape index (κ1) is 21.7. The predicted molar refractivity (Wildman–Crippen MR) is 133 cm³/mol. The van der Waals surface area contributed by atoms with Crippen LogP contribution in [0.15, 0.2) is 52.3 Å². The number of thiocarbonyl (C=S) groups is 1. The van der Waals surface area contributed by atoms with E-state index in [4.69, 9.17) is 12.2 Å². The molecular weight excluding hydrogens is 406 g/mol. The average molecular weight is 440 g/mol. The van der Waals surface area contributed by atoms with Crippen LogP contribution in [0.1, 0.15) is 52.0 Å². The zero-order chi connectivity index (χ0) is 21.1. The molecule has 1 fully saturated rings. The van der Waals surface area contributed by atoms with Gasteiger partial charge in [0.1, 0.15) is 4.99 Å². The first-order valence-corrected chi connectivity index (χ1v) is 12.5. The van der Waals surface area contributed by atoms with Crippen LogP contribution in [0.5, 0.6) is 0 Å². The minimum Gasteiger partial charge on any atom is -0.376 e. The molecule has 2 aliphatic heterocycles. The van der Waals surface area contributed by atoms with Gasteiger partial charge in [-0.25, -0.2) is 0 Å². The predicted octanol–water partition coefficient (Wildman–Crippen LogP) is 6.43. The number of rotatable bonds is 7. The maximum Gasteiger partial charge on any atom is 0.106 e. The lowest BCUT2D eigenvalue weighted by atomic mass is 10.1. The van der Waals surface area contributed by atoms with Crippen LogP contribution >= 0.6 is 24.0 Å². The summed E-state index contributed by atoms with van der Waals surface area (Å²) in [4.78, 5) is 8.75. The van der Waals surface area contributed by atoms with Crippen LogP contribution in [0.2, 0.25) is 0 Å². The fraction of sp³-hybridized carbons (Fsp3) is 0.480. The summed E-state index contributed by atoms with van der Waals surface area (Å²) in [6, 6.07) is 15.6. The Morgan fingerprint density at radius 2 is 1.80 bits per heavy atom. The lowest BCUT2D eigenvalue weighted by Crippen LogP contribution is -2.45. The number of hydrogen-bond donors (Lipinski definition) is 1. The molecular formula is C25H33N3S2. The van der Waals surface area contributed by atoms with Crippen molar-refractivity contribution in [1.29, 1.82) is 0 Å². The van der Waals surface area contributed by atoms with Gasteiger partial charge in [-0.2, -0.15) is 0 Å². The quantitative estimate of drug-likeness (QED) is 0.499. The summed E-state index contributed by atoms with van der Waals surface area (Å²) in [5.74, 6) is 0.679. The molecule has 3 nitrogen and oxygen atoms in total. The van der Waals surface area contributed by atoms with Crippen molar-refractivity contribution in [3.8, 4) is 0 Å². The minimum absolute atomic E-state index is 0.381. The van der Waals surface area contributed by atoms with Gasteiger partial charge in [-0.05, 0) is 55.9 Å². The second-order valence-corrected chi connectivity index (χ2v) is 10.2. The van der Waals surface area contributed by atoms with Crippen molar-refractivity contribution in [2.75, 3.05) is 24.5 Å². The highest BCUT2D eigenvalue weighted by molar-refractivity contribution is 7.99. The third-order valence-electron chi connectivity index (χ3n) is 6.06. The smallest absolute Gasteiger partial charge is 0.106 e. The maximum absolute atomic E-state index is 5.75. The highest BCUT2D eigenvalue weighted by Gasteiger charge is 2.33. The van der Waals surface area contributed by atoms with E-state index in [1.165, 1.54) is 47.1 Å². The van der Waals surface area contributed by atoms with Crippen molar-refractivity contribution in [3.63, 3.8) is 0 Å². The first-order valence-electron chi connectivity index (χ1n) is 11.3. The Morgan fingerprint density at radius 3 is 2.53 bits per heavy atom. The Kier molecular flexibility index (Phi) is 7.01. The lowest BCUT2D eigenvalue weighted by Gasteiger charge is -2.42. The fourth-order valence-corrected chi connectivity index (χ4v) is 5.75. The largest absolute Gasteiger partial charge is 0.376 e. The van der Waals surface area contributed by atoms with Gasteiger partial charge in [-0.3, -0.25) is 4.90 Å². The Balaban J connectivity index is 1.68. The number of hydrogen-bond acceptors (Lipinski definition) is 4. The van der Waals surface area contributed by atoms with Gasteiger partial charge >= 0.3 is 0 Å². The highest BCUT2D eigenvalue weighted by atomic mass is 32.2. The van der Waals surface area contributed by atoms with E-state index < -0.39 is 0 Å². The van der Waals surface area contributed by atoms with E-state index in [1.807, 2.05) is 11.8 Å². The molecule has 30 heavy (non-hydrogen) atoms. The van der Waals surface area contributed by atoms with Crippen LogP contribution in [0, 0.1) is 5.92 Å². The molecule has 1 saturated heterocycles. The molecule has 0 aromatic heterocycles. The van der Waals surface area contributed by atoms with E-state index in [9.17, 15) is 0 Å². The third-order valence-corrected chi connectivity index (χ3v) is 7.57. The second kappa shape index (κ2) is 9.71. The summed E-state index contributed by atoms with van der Waals surface area (Å²) in [5, 5.41) is 3.47. The van der Waals surface area contributed by atoms with Crippen LogP contribution in [0.25, 0.3) is 0 Å². The van der Waals surface area contributed by atoms with Gasteiger partial charge in [-0.1, -0.05) is 63.0 Å². The lowest BCUT2D eigenvalue weighted by molar-refractivity contribution is 0.239. The van der Waals surface area contributed by atoms with Crippen molar-refractivity contribution in [2.45, 2.75) is 62.4 Å². The number of nitrogens with one attached hydrogen (secondary N) is 1. The molecule has 0 spiro atoms. The van der Waals surface area contributed by atoms with Gasteiger partial charge in [-0.15, -0.1) is 0 Å². The molecule has 2 aromatic rings. The van der Waals surface area contributed by atoms with Gasteiger partial charge in [0.05, 0.1) is 17.5 Å². The van der Waals surface area contributed by atoms with Crippen molar-refractivity contribution in [2.24, 2.45) is 5.92 Å². The standard InChI is InChI=1S/C25H33N3S2/c1-4-24(27-15-7-8-16-27)28-20-9-5-6-10-22(20)30-23-12-11-19(17-21(23)28)25(29)26-14-13-18(2)3/h5-6,9-12,17-18,24H,4,7-8,13-16H2,1-3H3,(H,26,29). The van der Waals surface area contributed by atoms with Crippen molar-refractivity contribution in [3.05, 3.63) is 48.0 Å². The topological polar surface area (TPSA) is 18.5 Å². The van der Waals surface area contributed by atoms with Crippen LogP contribution in [-0.2, 0) is 0 Å². The number of anilines is 2. The number of likely N-dealkylation sites (tertiary alicyclic amines) is 1. The third kappa shape index (κ3) is 4.53. The molecule has 0 aliphatic carbocycles. The number of benzene rings is 2. The molecule has 1 N–H and O–H groups in total. The van der Waals surface area contributed by atoms with Gasteiger partial charge in [0.2, 0.25) is 0 Å². The summed E-state index contributed by atoms with van der Waals surface area (Å²) in [7, 11) is 0. The molecule has 0 saturated carbocycles. The molecule has 4 rings (SSSR count). The summed E-state index contributed by atoms with van der Waals surface area (Å²) in [6.45, 7) is 10.1. The zero-order valence-electron chi connectivity index (χ0n) is 18.4. The molecule has 2 aromatic carbocycles. The number of para-hydroxylation sites is 1. The molecule has 160 valence electrons. The summed E-state index contributed by atoms with van der Waals surface area (Å²) in [6.07, 6.45) is 5.22. The van der Waals surface area contributed by atoms with E-state index in [0.29, 0.717) is 12.1 Å². The molecule has 1 atom stereocenters. The van der Waals surface area contributed by atoms with Gasteiger partial charge in [0.25, 0.3) is 0 Å². The number of fused-ring (bicyclic) bond motifs is 2. The first-order chi connectivity index (χ1) is 14.6. The van der Waals surface area contributed by atoms with Gasteiger partial charge in [0.15, 0.2) is 0 Å². The van der Waals surface area contributed by atoms with E-state index in [-0.39, 0.29) is 0 Å². The average Bonchev–Trinajstić information content (AvgIpc) is 3.27. The fourth-order valence-electron chi connectivity index (χ4n) is 4.47. The van der Waals surface area contributed by atoms with Crippen molar-refractivity contribution < 1.29 is 0 Å². The molecule has 5 heteroatoms. The van der Waals surface area contributed by atoms with Crippen molar-refractivity contribution in [1.82, 2.24) is 10.2 Å². The van der Waals surface area contributed by atoms with Gasteiger partial charge in [0, 0.05) is 35.0 Å². The zero-order valence-corrected chi connectivity index (χ0v) is 20.0. The monoisotopic (exact) mass is 439 g/mol. The van der Waals surface area contributed by atoms with Crippen molar-refractivity contribution >= 4 is 40.3 Å². The van der Waals surface area contributed by atoms with Crippen LogP contribution in [-0.4, -0.2) is 35.7 Å². The maximum atomic E-state index is 5.75. The highest BCUT2D eigenvalue weighted by Crippen LogP contribution is 2.50. The Morgan fingerprint density at radius 1 is 1.07 bits per heavy atom. The molecule has 0 bridgehead atoms. The van der Waals surface area contributed by atoms with Crippen LogP contribution in [0.3, 0.4) is 0 Å². The minimum atomic E-state index is 0.381. The molecule has 0 radical (unpaired) electrons. The van der Waals surface area contributed by atoms with E-state index in [1.54, 1.807) is 0 Å². The van der Waals surface area contributed by atoms with Crippen LogP contribution < -0.4 is 10.2 Å². The van der Waals surface area contributed by atoms with E-state index in [2.05, 4.69) is 78.4 Å². The molecule has 0 amide bonds. The van der Waals surface area contributed by atoms with Crippen LogP contribution in [0.4, 0.5) is 11.4 Å². The van der Waals surface area contributed by atoms with Gasteiger partial charge < -0.3 is 10.2 Å². The van der Waals surface area contributed by atoms with E-state index in [0.717, 1.165) is 29.9 Å². The summed E-state index contributed by atoms with van der Waals surface area (Å²) >= 11 is 7.62. The SMILES string of the molecule is CCC(N1CCCC1)N1c2ccccc2Sc2ccc(C(=S)NCCC(C)C)cc21. The summed E-state index contributed by atoms with van der Waals surface area (Å²) < 4.78 is 0. The Labute approximate surface area is 191 Å². The Bertz CT molecular complexity index is 890. The number of nitrogens with zero attached hydrogens (tertiary/aromatic N) is 2. The Hall–Kier alpha value is -1.56. The second-order valence-electron chi connectivity index (χ2n) is 8.69. The van der Waals surface area contributed by atoms with E-state index >= 15 is 0 Å². The molecule has 2 aliphatic rings. The molecule has 1 unspecified atom stereocenters.